The lowest BCUT2D eigenvalue weighted by Crippen LogP contribution is -2.30. The largest absolute Gasteiger partial charge is 0.493 e. The molecule has 0 saturated heterocycles. The molecule has 2 aromatic rings. The highest BCUT2D eigenvalue weighted by atomic mass is 32.1. The minimum absolute atomic E-state index is 0.0196. The van der Waals surface area contributed by atoms with Gasteiger partial charge in [0.05, 0.1) is 7.11 Å². The van der Waals surface area contributed by atoms with E-state index in [4.69, 9.17) is 17.0 Å². The number of nitrogens with one attached hydrogen (secondary N) is 2. The van der Waals surface area contributed by atoms with Crippen LogP contribution in [0.1, 0.15) is 16.7 Å². The molecule has 0 amide bonds. The lowest BCUT2D eigenvalue weighted by Gasteiger charge is -2.13. The van der Waals surface area contributed by atoms with E-state index in [1.807, 2.05) is 25.1 Å². The van der Waals surface area contributed by atoms with Crippen molar-refractivity contribution in [2.75, 3.05) is 19.0 Å². The van der Waals surface area contributed by atoms with Gasteiger partial charge in [0.25, 0.3) is 0 Å². The molecule has 0 fully saturated rings. The first-order valence-electron chi connectivity index (χ1n) is 8.13. The summed E-state index contributed by atoms with van der Waals surface area (Å²) in [7, 11) is 1.41. The number of halogens is 2. The number of methoxy groups -OCH3 is 1. The third-order valence-electron chi connectivity index (χ3n) is 3.91. The number of anilines is 1. The Balaban J connectivity index is 1.86. The van der Waals surface area contributed by atoms with Gasteiger partial charge in [-0.15, -0.1) is 0 Å². The van der Waals surface area contributed by atoms with E-state index in [0.29, 0.717) is 18.1 Å². The van der Waals surface area contributed by atoms with E-state index in [9.17, 15) is 8.78 Å². The van der Waals surface area contributed by atoms with Gasteiger partial charge in [-0.1, -0.05) is 12.1 Å². The zero-order valence-corrected chi connectivity index (χ0v) is 15.8. The Kier molecular flexibility index (Phi) is 7.15. The van der Waals surface area contributed by atoms with Crippen LogP contribution in [0.2, 0.25) is 0 Å². The number of hydrogen-bond acceptors (Lipinski definition) is 3. The molecule has 140 valence electrons. The van der Waals surface area contributed by atoms with Gasteiger partial charge in [-0.2, -0.15) is 8.78 Å². The van der Waals surface area contributed by atoms with Gasteiger partial charge in [0.1, 0.15) is 0 Å². The molecule has 0 unspecified atom stereocenters. The summed E-state index contributed by atoms with van der Waals surface area (Å²) in [4.78, 5) is 0. The number of hydrogen-bond donors (Lipinski definition) is 2. The molecule has 2 aromatic carbocycles. The fourth-order valence-electron chi connectivity index (χ4n) is 2.38. The van der Waals surface area contributed by atoms with Gasteiger partial charge < -0.3 is 20.1 Å². The number of aryl methyl sites for hydroxylation is 2. The summed E-state index contributed by atoms with van der Waals surface area (Å²) in [5, 5.41) is 6.79. The van der Waals surface area contributed by atoms with Crippen molar-refractivity contribution in [3.8, 4) is 11.5 Å². The van der Waals surface area contributed by atoms with Crippen molar-refractivity contribution >= 4 is 23.0 Å². The SMILES string of the molecule is COc1cc(CCNC(=S)Nc2ccc(C)c(C)c2)ccc1OC(F)F. The predicted octanol–water partition coefficient (Wildman–Crippen LogP) is 4.44. The average Bonchev–Trinajstić information content (AvgIpc) is 2.59. The fourth-order valence-corrected chi connectivity index (χ4v) is 2.60. The number of benzene rings is 2. The third kappa shape index (κ3) is 5.84. The van der Waals surface area contributed by atoms with Gasteiger partial charge in [-0.3, -0.25) is 0 Å². The monoisotopic (exact) mass is 380 g/mol. The topological polar surface area (TPSA) is 42.5 Å². The normalized spacial score (nSPS) is 10.5. The van der Waals surface area contributed by atoms with Crippen LogP contribution in [-0.4, -0.2) is 25.4 Å². The molecule has 0 aliphatic carbocycles. The second-order valence-corrected chi connectivity index (χ2v) is 6.20. The number of thiocarbonyl (C=S) groups is 1. The molecule has 0 heterocycles. The van der Waals surface area contributed by atoms with Gasteiger partial charge in [-0.25, -0.2) is 0 Å². The molecule has 0 saturated carbocycles. The van der Waals surface area contributed by atoms with Crippen LogP contribution in [0.25, 0.3) is 0 Å². The Bertz CT molecular complexity index is 769. The van der Waals surface area contributed by atoms with E-state index in [2.05, 4.69) is 22.3 Å². The van der Waals surface area contributed by atoms with E-state index >= 15 is 0 Å². The minimum atomic E-state index is -2.88. The lowest BCUT2D eigenvalue weighted by atomic mass is 10.1. The van der Waals surface area contributed by atoms with Crippen LogP contribution in [0.5, 0.6) is 11.5 Å². The van der Waals surface area contributed by atoms with Gasteiger partial charge >= 0.3 is 6.61 Å². The van der Waals surface area contributed by atoms with E-state index < -0.39 is 6.61 Å². The van der Waals surface area contributed by atoms with Crippen molar-refractivity contribution < 1.29 is 18.3 Å². The lowest BCUT2D eigenvalue weighted by molar-refractivity contribution is -0.0512. The standard InChI is InChI=1S/C19H22F2N2O2S/c1-12-4-6-15(10-13(12)2)23-19(26)22-9-8-14-5-7-16(25-18(20)21)17(11-14)24-3/h4-7,10-11,18H,8-9H2,1-3H3,(H2,22,23,26). The van der Waals surface area contributed by atoms with Crippen molar-refractivity contribution in [3.63, 3.8) is 0 Å². The first-order chi connectivity index (χ1) is 12.4. The minimum Gasteiger partial charge on any atom is -0.493 e. The van der Waals surface area contributed by atoms with Crippen LogP contribution in [0, 0.1) is 13.8 Å². The Morgan fingerprint density at radius 3 is 2.50 bits per heavy atom. The van der Waals surface area contributed by atoms with E-state index in [0.717, 1.165) is 11.3 Å². The molecular weight excluding hydrogens is 358 g/mol. The maximum absolute atomic E-state index is 12.3. The highest BCUT2D eigenvalue weighted by molar-refractivity contribution is 7.80. The second-order valence-electron chi connectivity index (χ2n) is 5.79. The van der Waals surface area contributed by atoms with Crippen LogP contribution in [0.15, 0.2) is 36.4 Å². The van der Waals surface area contributed by atoms with Crippen molar-refractivity contribution in [2.45, 2.75) is 26.9 Å². The molecule has 7 heteroatoms. The first-order valence-corrected chi connectivity index (χ1v) is 8.53. The molecule has 0 aliphatic heterocycles. The summed E-state index contributed by atoms with van der Waals surface area (Å²) in [6, 6.07) is 10.9. The fraction of sp³-hybridized carbons (Fsp3) is 0.316. The quantitative estimate of drug-likeness (QED) is 0.695. The molecule has 0 aromatic heterocycles. The Morgan fingerprint density at radius 2 is 1.85 bits per heavy atom. The van der Waals surface area contributed by atoms with E-state index in [1.54, 1.807) is 12.1 Å². The second kappa shape index (κ2) is 9.33. The smallest absolute Gasteiger partial charge is 0.387 e. The summed E-state index contributed by atoms with van der Waals surface area (Å²) >= 11 is 5.29. The molecule has 0 radical (unpaired) electrons. The zero-order valence-electron chi connectivity index (χ0n) is 14.9. The van der Waals surface area contributed by atoms with Crippen molar-refractivity contribution in [1.29, 1.82) is 0 Å². The van der Waals surface area contributed by atoms with Crippen molar-refractivity contribution in [3.05, 3.63) is 53.1 Å². The Labute approximate surface area is 157 Å². The number of ether oxygens (including phenoxy) is 2. The molecule has 0 spiro atoms. The molecule has 4 nitrogen and oxygen atoms in total. The maximum atomic E-state index is 12.3. The van der Waals surface area contributed by atoms with Crippen LogP contribution in [0.3, 0.4) is 0 Å². The first kappa shape index (κ1) is 19.9. The summed E-state index contributed by atoms with van der Waals surface area (Å²) in [5.74, 6) is 0.296. The van der Waals surface area contributed by atoms with Crippen LogP contribution in [-0.2, 0) is 6.42 Å². The Morgan fingerprint density at radius 1 is 1.08 bits per heavy atom. The van der Waals surface area contributed by atoms with Gasteiger partial charge in [0.2, 0.25) is 0 Å². The van der Waals surface area contributed by atoms with Gasteiger partial charge in [-0.05, 0) is 73.4 Å². The van der Waals surface area contributed by atoms with Crippen molar-refractivity contribution in [1.82, 2.24) is 5.32 Å². The summed E-state index contributed by atoms with van der Waals surface area (Å²) in [5.41, 5.74) is 4.27. The van der Waals surface area contributed by atoms with Gasteiger partial charge in [0, 0.05) is 12.2 Å². The molecule has 2 rings (SSSR count). The summed E-state index contributed by atoms with van der Waals surface area (Å²) in [6.45, 7) is 1.81. The number of rotatable bonds is 7. The molecule has 2 N–H and O–H groups in total. The molecule has 0 bridgehead atoms. The van der Waals surface area contributed by atoms with Crippen LogP contribution in [0.4, 0.5) is 14.5 Å². The Hall–Kier alpha value is -2.41. The average molecular weight is 380 g/mol. The van der Waals surface area contributed by atoms with E-state index in [-0.39, 0.29) is 11.5 Å². The van der Waals surface area contributed by atoms with Crippen LogP contribution >= 0.6 is 12.2 Å². The molecule has 26 heavy (non-hydrogen) atoms. The molecule has 0 aliphatic rings. The summed E-state index contributed by atoms with van der Waals surface area (Å²) in [6.07, 6.45) is 0.653. The predicted molar refractivity (Wildman–Crippen MR) is 103 cm³/mol. The number of alkyl halides is 2. The molecule has 0 atom stereocenters. The highest BCUT2D eigenvalue weighted by Crippen LogP contribution is 2.29. The maximum Gasteiger partial charge on any atom is 0.387 e. The van der Waals surface area contributed by atoms with Gasteiger partial charge in [0.15, 0.2) is 16.6 Å². The third-order valence-corrected chi connectivity index (χ3v) is 4.15. The highest BCUT2D eigenvalue weighted by Gasteiger charge is 2.11. The van der Waals surface area contributed by atoms with Crippen molar-refractivity contribution in [2.24, 2.45) is 0 Å². The molecular formula is C19H22F2N2O2S. The van der Waals surface area contributed by atoms with Crippen LogP contribution < -0.4 is 20.1 Å². The summed E-state index contributed by atoms with van der Waals surface area (Å²) < 4.78 is 34.2. The van der Waals surface area contributed by atoms with E-state index in [1.165, 1.54) is 24.3 Å². The zero-order chi connectivity index (χ0) is 19.1.